The zero-order valence-electron chi connectivity index (χ0n) is 17.5. The highest BCUT2D eigenvalue weighted by Crippen LogP contribution is 2.34. The fraction of sp³-hybridized carbons (Fsp3) is 0.0741. The molecule has 5 aromatic rings. The van der Waals surface area contributed by atoms with Crippen molar-refractivity contribution in [2.75, 3.05) is 0 Å². The second kappa shape index (κ2) is 8.39. The van der Waals surface area contributed by atoms with E-state index in [1.807, 2.05) is 42.5 Å². The quantitative estimate of drug-likeness (QED) is 0.351. The summed E-state index contributed by atoms with van der Waals surface area (Å²) in [7, 11) is 0. The van der Waals surface area contributed by atoms with Crippen molar-refractivity contribution >= 4 is 27.7 Å². The van der Waals surface area contributed by atoms with Crippen molar-refractivity contribution in [1.29, 1.82) is 0 Å². The first-order valence-electron chi connectivity index (χ1n) is 10.4. The highest BCUT2D eigenvalue weighted by molar-refractivity contribution is 6.18. The molecule has 1 aromatic heterocycles. The average molecular weight is 441 g/mol. The lowest BCUT2D eigenvalue weighted by Gasteiger charge is -2.10. The number of halogens is 2. The molecular weight excluding hydrogens is 422 g/mol. The number of carbonyl (C=O) groups excluding carboxylic acids is 1. The number of ether oxygens (including phenoxy) is 1. The van der Waals surface area contributed by atoms with Gasteiger partial charge in [-0.15, -0.1) is 0 Å². The van der Waals surface area contributed by atoms with Gasteiger partial charge in [0.1, 0.15) is 5.75 Å². The molecule has 33 heavy (non-hydrogen) atoms. The van der Waals surface area contributed by atoms with Gasteiger partial charge in [0.15, 0.2) is 0 Å². The molecule has 4 aromatic carbocycles. The molecule has 1 amide bonds. The second-order valence-electron chi connectivity index (χ2n) is 7.69. The second-order valence-corrected chi connectivity index (χ2v) is 7.69. The highest BCUT2D eigenvalue weighted by atomic mass is 19.3. The van der Waals surface area contributed by atoms with E-state index in [4.69, 9.17) is 5.73 Å². The first-order chi connectivity index (χ1) is 16.0. The number of nitrogens with two attached hydrogens (primary N) is 1. The maximum absolute atomic E-state index is 12.5. The van der Waals surface area contributed by atoms with E-state index in [2.05, 4.69) is 21.4 Å². The molecule has 0 unspecified atom stereocenters. The van der Waals surface area contributed by atoms with Crippen molar-refractivity contribution in [3.63, 3.8) is 0 Å². The van der Waals surface area contributed by atoms with Crippen molar-refractivity contribution in [3.05, 3.63) is 102 Å². The molecule has 0 saturated heterocycles. The van der Waals surface area contributed by atoms with Gasteiger partial charge < -0.3 is 15.0 Å². The monoisotopic (exact) mass is 441 g/mol. The van der Waals surface area contributed by atoms with Crippen LogP contribution in [0.3, 0.4) is 0 Å². The zero-order chi connectivity index (χ0) is 22.9. The molecule has 5 rings (SSSR count). The summed E-state index contributed by atoms with van der Waals surface area (Å²) in [4.78, 5) is 12.2. The fourth-order valence-corrected chi connectivity index (χ4v) is 4.19. The summed E-state index contributed by atoms with van der Waals surface area (Å²) < 4.78 is 31.5. The van der Waals surface area contributed by atoms with Gasteiger partial charge in [0.2, 0.25) is 5.91 Å². The lowest BCUT2D eigenvalue weighted by Crippen LogP contribution is -2.11. The molecule has 0 aliphatic rings. The van der Waals surface area contributed by atoms with E-state index in [9.17, 15) is 13.6 Å². The van der Waals surface area contributed by atoms with Crippen LogP contribution in [0, 0.1) is 6.07 Å². The molecule has 2 N–H and O–H groups in total. The molecule has 1 heterocycles. The number of nitrogens with zero attached hydrogens (tertiary/aromatic N) is 1. The summed E-state index contributed by atoms with van der Waals surface area (Å²) >= 11 is 0. The molecule has 0 aliphatic heterocycles. The normalized spacial score (nSPS) is 11.4. The Morgan fingerprint density at radius 2 is 1.70 bits per heavy atom. The number of alkyl halides is 2. The van der Waals surface area contributed by atoms with Gasteiger partial charge in [-0.25, -0.2) is 0 Å². The van der Waals surface area contributed by atoms with Gasteiger partial charge in [0, 0.05) is 22.9 Å². The predicted molar refractivity (Wildman–Crippen MR) is 124 cm³/mol. The minimum atomic E-state index is -2.87. The number of benzene rings is 4. The van der Waals surface area contributed by atoms with Gasteiger partial charge in [0.05, 0.1) is 11.0 Å². The SMILES string of the molecule is NC(=O)c1cccc2c1c1[c]cc(-c3ccccc3)cc1n2Cc1ccc(OC(F)F)cc1. The predicted octanol–water partition coefficient (Wildman–Crippen LogP) is 6.01. The molecule has 0 bridgehead atoms. The van der Waals surface area contributed by atoms with Crippen LogP contribution in [0.15, 0.2) is 84.9 Å². The number of rotatable bonds is 6. The lowest BCUT2D eigenvalue weighted by molar-refractivity contribution is -0.0498. The lowest BCUT2D eigenvalue weighted by atomic mass is 10.0. The Morgan fingerprint density at radius 3 is 2.39 bits per heavy atom. The van der Waals surface area contributed by atoms with Crippen LogP contribution in [-0.4, -0.2) is 17.1 Å². The Bertz CT molecular complexity index is 1460. The van der Waals surface area contributed by atoms with E-state index in [0.29, 0.717) is 12.1 Å². The van der Waals surface area contributed by atoms with E-state index < -0.39 is 12.5 Å². The third kappa shape index (κ3) is 3.91. The largest absolute Gasteiger partial charge is 0.435 e. The number of fused-ring (bicyclic) bond motifs is 3. The molecule has 4 nitrogen and oxygen atoms in total. The number of carbonyl (C=O) groups is 1. The van der Waals surface area contributed by atoms with Crippen LogP contribution in [-0.2, 0) is 6.54 Å². The van der Waals surface area contributed by atoms with Gasteiger partial charge in [0.25, 0.3) is 0 Å². The van der Waals surface area contributed by atoms with Crippen LogP contribution < -0.4 is 10.5 Å². The number of amides is 1. The molecule has 0 fully saturated rings. The molecule has 0 aliphatic carbocycles. The first-order valence-corrected chi connectivity index (χ1v) is 10.4. The summed E-state index contributed by atoms with van der Waals surface area (Å²) in [6.45, 7) is -2.41. The van der Waals surface area contributed by atoms with Crippen LogP contribution >= 0.6 is 0 Å². The summed E-state index contributed by atoms with van der Waals surface area (Å²) in [5.41, 5.74) is 10.8. The molecule has 0 spiro atoms. The third-order valence-electron chi connectivity index (χ3n) is 5.66. The van der Waals surface area contributed by atoms with Crippen LogP contribution in [0.1, 0.15) is 15.9 Å². The maximum atomic E-state index is 12.5. The zero-order valence-corrected chi connectivity index (χ0v) is 17.5. The van der Waals surface area contributed by atoms with Gasteiger partial charge >= 0.3 is 6.61 Å². The van der Waals surface area contributed by atoms with Gasteiger partial charge in [-0.3, -0.25) is 4.79 Å². The highest BCUT2D eigenvalue weighted by Gasteiger charge is 2.17. The fourth-order valence-electron chi connectivity index (χ4n) is 4.19. The smallest absolute Gasteiger partial charge is 0.387 e. The van der Waals surface area contributed by atoms with E-state index in [1.54, 1.807) is 24.3 Å². The van der Waals surface area contributed by atoms with Gasteiger partial charge in [-0.2, -0.15) is 8.78 Å². The van der Waals surface area contributed by atoms with E-state index in [1.165, 1.54) is 12.1 Å². The van der Waals surface area contributed by atoms with Crippen molar-refractivity contribution in [1.82, 2.24) is 4.57 Å². The van der Waals surface area contributed by atoms with Crippen molar-refractivity contribution in [2.24, 2.45) is 5.73 Å². The van der Waals surface area contributed by atoms with E-state index in [0.717, 1.165) is 38.5 Å². The van der Waals surface area contributed by atoms with E-state index >= 15 is 0 Å². The Hall–Kier alpha value is -4.19. The maximum Gasteiger partial charge on any atom is 0.387 e. The summed E-state index contributed by atoms with van der Waals surface area (Å²) in [6.07, 6.45) is 0. The minimum Gasteiger partial charge on any atom is -0.435 e. The van der Waals surface area contributed by atoms with Gasteiger partial charge in [-0.1, -0.05) is 48.5 Å². The number of aromatic nitrogens is 1. The molecule has 6 heteroatoms. The molecule has 163 valence electrons. The molecule has 0 saturated carbocycles. The minimum absolute atomic E-state index is 0.103. The van der Waals surface area contributed by atoms with Crippen molar-refractivity contribution in [3.8, 4) is 16.9 Å². The van der Waals surface area contributed by atoms with E-state index in [-0.39, 0.29) is 5.75 Å². The summed E-state index contributed by atoms with van der Waals surface area (Å²) in [6, 6.07) is 29.3. The Kier molecular flexibility index (Phi) is 5.26. The van der Waals surface area contributed by atoms with Gasteiger partial charge in [-0.05, 0) is 59.2 Å². The Morgan fingerprint density at radius 1 is 0.939 bits per heavy atom. The van der Waals surface area contributed by atoms with Crippen LogP contribution in [0.2, 0.25) is 0 Å². The number of hydrogen-bond donors (Lipinski definition) is 1. The summed E-state index contributed by atoms with van der Waals surface area (Å²) in [5, 5.41) is 1.55. The number of hydrogen-bond acceptors (Lipinski definition) is 2. The van der Waals surface area contributed by atoms with Crippen LogP contribution in [0.5, 0.6) is 5.75 Å². The molecule has 1 radical (unpaired) electrons. The first kappa shape index (κ1) is 20.7. The third-order valence-corrected chi connectivity index (χ3v) is 5.66. The summed E-state index contributed by atoms with van der Waals surface area (Å²) in [5.74, 6) is -0.402. The molecular formula is C27H19F2N2O2. The average Bonchev–Trinajstić information content (AvgIpc) is 3.13. The number of primary amides is 1. The van der Waals surface area contributed by atoms with Crippen LogP contribution in [0.4, 0.5) is 8.78 Å². The Balaban J connectivity index is 1.69. The Labute approximate surface area is 188 Å². The van der Waals surface area contributed by atoms with Crippen molar-refractivity contribution < 1.29 is 18.3 Å². The topological polar surface area (TPSA) is 57.2 Å². The molecule has 0 atom stereocenters. The van der Waals surface area contributed by atoms with Crippen molar-refractivity contribution in [2.45, 2.75) is 13.2 Å². The standard InChI is InChI=1S/C27H19F2N2O2/c28-27(29)33-20-12-9-17(10-13-20)16-31-23-8-4-7-22(26(30)32)25(23)21-14-11-19(15-24(21)31)18-5-2-1-3-6-18/h1-13,15,27H,16H2,(H2,30,32). The van der Waals surface area contributed by atoms with Crippen LogP contribution in [0.25, 0.3) is 32.9 Å².